The first kappa shape index (κ1) is 15.2. The van der Waals surface area contributed by atoms with E-state index < -0.39 is 0 Å². The Morgan fingerprint density at radius 1 is 1.10 bits per heavy atom. The fourth-order valence-electron chi connectivity index (χ4n) is 2.52. The number of aryl methyl sites for hydroxylation is 2. The molecule has 21 heavy (non-hydrogen) atoms. The average Bonchev–Trinajstić information content (AvgIpc) is 2.82. The third-order valence-electron chi connectivity index (χ3n) is 3.78. The summed E-state index contributed by atoms with van der Waals surface area (Å²) in [5.74, 6) is 1.34. The zero-order valence-corrected chi connectivity index (χ0v) is 13.4. The van der Waals surface area contributed by atoms with Crippen LogP contribution in [0.15, 0.2) is 48.8 Å². The van der Waals surface area contributed by atoms with Crippen LogP contribution in [0.25, 0.3) is 10.9 Å². The van der Waals surface area contributed by atoms with Gasteiger partial charge in [0.05, 0.1) is 19.1 Å². The lowest BCUT2D eigenvalue weighted by Gasteiger charge is -1.95. The van der Waals surface area contributed by atoms with Crippen LogP contribution in [-0.2, 0) is 20.0 Å². The van der Waals surface area contributed by atoms with Gasteiger partial charge in [0, 0.05) is 24.9 Å². The largest absolute Gasteiger partial charge is 0.256 e. The van der Waals surface area contributed by atoms with Crippen LogP contribution in [0, 0.1) is 6.92 Å². The molecule has 0 aliphatic carbocycles. The summed E-state index contributed by atoms with van der Waals surface area (Å²) in [6, 6.07) is 12.1. The van der Waals surface area contributed by atoms with Crippen molar-refractivity contribution < 1.29 is 4.57 Å². The Balaban J connectivity index is 0.000000154. The van der Waals surface area contributed by atoms with E-state index in [1.165, 1.54) is 16.9 Å². The van der Waals surface area contributed by atoms with Gasteiger partial charge >= 0.3 is 0 Å². The van der Waals surface area contributed by atoms with Gasteiger partial charge in [0.2, 0.25) is 0 Å². The summed E-state index contributed by atoms with van der Waals surface area (Å²) in [6.45, 7) is 7.62. The van der Waals surface area contributed by atoms with E-state index in [0.717, 1.165) is 18.5 Å². The van der Waals surface area contributed by atoms with Crippen molar-refractivity contribution in [1.29, 1.82) is 0 Å². The van der Waals surface area contributed by atoms with E-state index in [1.54, 1.807) is 0 Å². The van der Waals surface area contributed by atoms with Gasteiger partial charge in [-0.05, 0) is 19.1 Å². The third-order valence-corrected chi connectivity index (χ3v) is 3.78. The van der Waals surface area contributed by atoms with Crippen molar-refractivity contribution in [3.63, 3.8) is 0 Å². The van der Waals surface area contributed by atoms with Crippen molar-refractivity contribution >= 4 is 10.9 Å². The van der Waals surface area contributed by atoms with E-state index in [0.29, 0.717) is 0 Å². The molecule has 1 aromatic carbocycles. The van der Waals surface area contributed by atoms with Crippen molar-refractivity contribution in [1.82, 2.24) is 9.55 Å². The Morgan fingerprint density at radius 2 is 1.81 bits per heavy atom. The van der Waals surface area contributed by atoms with Crippen LogP contribution in [-0.4, -0.2) is 9.55 Å². The molecule has 3 aromatic rings. The van der Waals surface area contributed by atoms with Gasteiger partial charge in [0.1, 0.15) is 11.9 Å². The van der Waals surface area contributed by atoms with Crippen LogP contribution in [0.3, 0.4) is 0 Å². The van der Waals surface area contributed by atoms with Gasteiger partial charge in [-0.15, -0.1) is 0 Å². The highest BCUT2D eigenvalue weighted by Crippen LogP contribution is 2.07. The maximum atomic E-state index is 4.18. The molecule has 3 rings (SSSR count). The Kier molecular flexibility index (Phi) is 5.09. The second-order valence-corrected chi connectivity index (χ2v) is 5.07. The Hall–Kier alpha value is -2.16. The van der Waals surface area contributed by atoms with Gasteiger partial charge < -0.3 is 0 Å². The molecule has 0 spiro atoms. The number of rotatable bonds is 2. The summed E-state index contributed by atoms with van der Waals surface area (Å²) in [4.78, 5) is 4.18. The molecule has 110 valence electrons. The van der Waals surface area contributed by atoms with E-state index in [-0.39, 0.29) is 0 Å². The maximum Gasteiger partial charge on any atom is 0.253 e. The van der Waals surface area contributed by atoms with Crippen molar-refractivity contribution in [3.8, 4) is 0 Å². The zero-order chi connectivity index (χ0) is 15.2. The predicted molar refractivity (Wildman–Crippen MR) is 87.1 cm³/mol. The topological polar surface area (TPSA) is 21.7 Å². The third kappa shape index (κ3) is 3.48. The van der Waals surface area contributed by atoms with E-state index in [1.807, 2.05) is 30.5 Å². The van der Waals surface area contributed by atoms with E-state index in [2.05, 4.69) is 60.3 Å². The molecule has 0 aliphatic rings. The highest BCUT2D eigenvalue weighted by Gasteiger charge is 2.13. The predicted octanol–water partition coefficient (Wildman–Crippen LogP) is 3.44. The average molecular weight is 282 g/mol. The van der Waals surface area contributed by atoms with Crippen molar-refractivity contribution in [2.24, 2.45) is 7.05 Å². The Bertz CT molecular complexity index is 648. The minimum Gasteiger partial charge on any atom is -0.256 e. The molecular formula is C18H24N3+. The number of fused-ring (bicyclic) bond motifs is 1. The second-order valence-electron chi connectivity index (χ2n) is 5.07. The smallest absolute Gasteiger partial charge is 0.253 e. The molecular weight excluding hydrogens is 258 g/mol. The molecule has 2 aromatic heterocycles. The number of hydrogen-bond donors (Lipinski definition) is 0. The molecule has 0 amide bonds. The summed E-state index contributed by atoms with van der Waals surface area (Å²) in [6.07, 6.45) is 5.14. The second kappa shape index (κ2) is 7.02. The number of hydrogen-bond acceptors (Lipinski definition) is 1. The fraction of sp³-hybridized carbons (Fsp3) is 0.333. The van der Waals surface area contributed by atoms with Gasteiger partial charge in [0.15, 0.2) is 0 Å². The summed E-state index contributed by atoms with van der Waals surface area (Å²) in [5.41, 5.74) is 2.48. The molecule has 3 heteroatoms. The first-order valence-electron chi connectivity index (χ1n) is 7.51. The lowest BCUT2D eigenvalue weighted by Crippen LogP contribution is -2.29. The molecule has 0 N–H and O–H groups in total. The minimum absolute atomic E-state index is 1.06. The quantitative estimate of drug-likeness (QED) is 0.660. The molecule has 0 atom stereocenters. The normalized spacial score (nSPS) is 10.3. The van der Waals surface area contributed by atoms with Crippen molar-refractivity contribution in [2.75, 3.05) is 0 Å². The van der Waals surface area contributed by atoms with E-state index in [4.69, 9.17) is 0 Å². The molecule has 3 nitrogen and oxygen atoms in total. The lowest BCUT2D eigenvalue weighted by molar-refractivity contribution is -0.677. The molecule has 0 saturated carbocycles. The number of para-hydroxylation sites is 1. The van der Waals surface area contributed by atoms with Gasteiger partial charge in [-0.3, -0.25) is 4.98 Å². The van der Waals surface area contributed by atoms with E-state index in [9.17, 15) is 0 Å². The van der Waals surface area contributed by atoms with Crippen LogP contribution in [0.5, 0.6) is 0 Å². The van der Waals surface area contributed by atoms with Gasteiger partial charge in [-0.25, -0.2) is 9.13 Å². The molecule has 0 fully saturated rings. The van der Waals surface area contributed by atoms with Gasteiger partial charge in [-0.1, -0.05) is 31.2 Å². The number of imidazole rings is 1. The van der Waals surface area contributed by atoms with Crippen molar-refractivity contribution in [2.45, 2.75) is 33.7 Å². The lowest BCUT2D eigenvalue weighted by atomic mass is 10.2. The molecule has 0 bridgehead atoms. The Labute approximate surface area is 126 Å². The SMILES string of the molecule is CCc1c[n+](C)c(C)n1CC.c1ccc2ncccc2c1. The minimum atomic E-state index is 1.06. The van der Waals surface area contributed by atoms with Crippen LogP contribution < -0.4 is 4.57 Å². The number of nitrogens with zero attached hydrogens (tertiary/aromatic N) is 3. The summed E-state index contributed by atoms with van der Waals surface area (Å²) in [5, 5.41) is 1.20. The van der Waals surface area contributed by atoms with E-state index >= 15 is 0 Å². The van der Waals surface area contributed by atoms with Crippen LogP contribution >= 0.6 is 0 Å². The van der Waals surface area contributed by atoms with Crippen molar-refractivity contribution in [3.05, 3.63) is 60.3 Å². The number of pyridine rings is 1. The van der Waals surface area contributed by atoms with Crippen LogP contribution in [0.4, 0.5) is 0 Å². The molecule has 0 radical (unpaired) electrons. The molecule has 0 aliphatic heterocycles. The Morgan fingerprint density at radius 3 is 2.43 bits per heavy atom. The number of benzene rings is 1. The summed E-state index contributed by atoms with van der Waals surface area (Å²) >= 11 is 0. The number of aromatic nitrogens is 3. The highest BCUT2D eigenvalue weighted by atomic mass is 15.1. The van der Waals surface area contributed by atoms with Gasteiger partial charge in [-0.2, -0.15) is 0 Å². The summed E-state index contributed by atoms with van der Waals surface area (Å²) in [7, 11) is 2.10. The molecule has 2 heterocycles. The molecule has 0 unspecified atom stereocenters. The van der Waals surface area contributed by atoms with Crippen LogP contribution in [0.1, 0.15) is 25.4 Å². The first-order valence-corrected chi connectivity index (χ1v) is 7.51. The maximum absolute atomic E-state index is 4.18. The monoisotopic (exact) mass is 282 g/mol. The fourth-order valence-corrected chi connectivity index (χ4v) is 2.52. The van der Waals surface area contributed by atoms with Gasteiger partial charge in [0.25, 0.3) is 5.82 Å². The molecule has 0 saturated heterocycles. The van der Waals surface area contributed by atoms with Crippen LogP contribution in [0.2, 0.25) is 0 Å². The standard InChI is InChI=1S/C9H17N2.C9H7N/c1-5-9-7-10(4)8(3)11(9)6-2;1-2-6-9-8(4-1)5-3-7-10-9/h7H,5-6H2,1-4H3;1-7H/q+1;. The summed E-state index contributed by atoms with van der Waals surface area (Å²) < 4.78 is 4.53. The highest BCUT2D eigenvalue weighted by molar-refractivity contribution is 5.77. The first-order chi connectivity index (χ1) is 10.2. The zero-order valence-electron chi connectivity index (χ0n) is 13.4.